The van der Waals surface area contributed by atoms with Crippen molar-refractivity contribution in [3.8, 4) is 0 Å². The van der Waals surface area contributed by atoms with Gasteiger partial charge in [0.1, 0.15) is 0 Å². The minimum atomic E-state index is -0.760. The molecule has 0 saturated heterocycles. The molecule has 0 aliphatic heterocycles. The normalized spacial score (nSPS) is 10.8. The highest BCUT2D eigenvalue weighted by Crippen LogP contribution is 1.99. The van der Waals surface area contributed by atoms with E-state index >= 15 is 0 Å². The molecule has 0 unspecified atom stereocenters. The van der Waals surface area contributed by atoms with Crippen molar-refractivity contribution < 1.29 is 9.90 Å². The van der Waals surface area contributed by atoms with E-state index in [2.05, 4.69) is 20.4 Å². The molecule has 0 aromatic rings. The van der Waals surface area contributed by atoms with Gasteiger partial charge in [0.05, 0.1) is 6.54 Å². The summed E-state index contributed by atoms with van der Waals surface area (Å²) in [6, 6.07) is 0. The van der Waals surface area contributed by atoms with Gasteiger partial charge in [0.2, 0.25) is 0 Å². The second-order valence-electron chi connectivity index (χ2n) is 3.60. The summed E-state index contributed by atoms with van der Waals surface area (Å²) < 4.78 is 0. The summed E-state index contributed by atoms with van der Waals surface area (Å²) >= 11 is 0. The van der Waals surface area contributed by atoms with Crippen LogP contribution < -0.4 is 0 Å². The molecule has 0 amide bonds. The van der Waals surface area contributed by atoms with Crippen LogP contribution in [0.25, 0.3) is 0 Å². The number of aliphatic carboxylic acids is 1. The van der Waals surface area contributed by atoms with Crippen molar-refractivity contribution in [3.63, 3.8) is 0 Å². The molecule has 1 N–H and O–H groups in total. The van der Waals surface area contributed by atoms with Crippen LogP contribution in [0.4, 0.5) is 0 Å². The molecule has 0 aliphatic rings. The van der Waals surface area contributed by atoms with Gasteiger partial charge in [0.25, 0.3) is 0 Å². The lowest BCUT2D eigenvalue weighted by Crippen LogP contribution is -2.33. The van der Waals surface area contributed by atoms with Crippen molar-refractivity contribution in [2.45, 2.75) is 20.3 Å². The minimum absolute atomic E-state index is 0.131. The van der Waals surface area contributed by atoms with E-state index in [1.165, 1.54) is 0 Å². The fourth-order valence-corrected chi connectivity index (χ4v) is 1.22. The highest BCUT2D eigenvalue weighted by atomic mass is 16.4. The van der Waals surface area contributed by atoms with E-state index in [4.69, 9.17) is 5.11 Å². The maximum atomic E-state index is 10.5. The smallest absolute Gasteiger partial charge is 0.317 e. The van der Waals surface area contributed by atoms with Gasteiger partial charge in [-0.3, -0.25) is 9.69 Å². The van der Waals surface area contributed by atoms with Crippen LogP contribution >= 0.6 is 0 Å². The molecule has 0 bridgehead atoms. The molecule has 0 radical (unpaired) electrons. The monoisotopic (exact) mass is 185 g/mol. The second-order valence-corrected chi connectivity index (χ2v) is 3.60. The molecule has 3 heteroatoms. The summed E-state index contributed by atoms with van der Waals surface area (Å²) in [4.78, 5) is 12.4. The second kappa shape index (κ2) is 6.66. The van der Waals surface area contributed by atoms with Crippen molar-refractivity contribution in [2.24, 2.45) is 5.92 Å². The molecule has 0 aliphatic carbocycles. The quantitative estimate of drug-likeness (QED) is 0.612. The molecule has 0 spiro atoms. The first-order valence-corrected chi connectivity index (χ1v) is 4.61. The fourth-order valence-electron chi connectivity index (χ4n) is 1.22. The molecule has 0 saturated carbocycles. The van der Waals surface area contributed by atoms with Crippen LogP contribution in [0, 0.1) is 5.92 Å². The van der Waals surface area contributed by atoms with Gasteiger partial charge in [-0.2, -0.15) is 0 Å². The predicted octanol–water partition coefficient (Wildman–Crippen LogP) is 1.61. The van der Waals surface area contributed by atoms with Crippen LogP contribution in [0.1, 0.15) is 20.3 Å². The molecule has 0 rings (SSSR count). The number of nitrogens with zero attached hydrogens (tertiary/aromatic N) is 1. The van der Waals surface area contributed by atoms with Gasteiger partial charge in [-0.1, -0.05) is 19.9 Å². The van der Waals surface area contributed by atoms with Crippen LogP contribution in [-0.4, -0.2) is 35.6 Å². The first-order chi connectivity index (χ1) is 6.06. The van der Waals surface area contributed by atoms with E-state index in [0.717, 1.165) is 19.5 Å². The van der Waals surface area contributed by atoms with E-state index < -0.39 is 5.97 Å². The number of hydrogen-bond donors (Lipinski definition) is 1. The summed E-state index contributed by atoms with van der Waals surface area (Å²) in [6.07, 6.45) is 2.66. The van der Waals surface area contributed by atoms with Crippen molar-refractivity contribution >= 4 is 5.97 Å². The maximum Gasteiger partial charge on any atom is 0.317 e. The van der Waals surface area contributed by atoms with E-state index in [9.17, 15) is 4.79 Å². The van der Waals surface area contributed by atoms with Crippen molar-refractivity contribution in [3.05, 3.63) is 12.7 Å². The average molecular weight is 185 g/mol. The maximum absolute atomic E-state index is 10.5. The Bertz CT molecular complexity index is 166. The van der Waals surface area contributed by atoms with Gasteiger partial charge in [-0.25, -0.2) is 0 Å². The van der Waals surface area contributed by atoms with Crippen LogP contribution in [0.5, 0.6) is 0 Å². The molecule has 3 nitrogen and oxygen atoms in total. The van der Waals surface area contributed by atoms with Gasteiger partial charge < -0.3 is 5.11 Å². The van der Waals surface area contributed by atoms with Crippen LogP contribution in [0.2, 0.25) is 0 Å². The lowest BCUT2D eigenvalue weighted by Gasteiger charge is -2.21. The topological polar surface area (TPSA) is 40.5 Å². The van der Waals surface area contributed by atoms with E-state index in [0.29, 0.717) is 5.92 Å². The number of carboxylic acid groups (broad SMARTS) is 1. The lowest BCUT2D eigenvalue weighted by atomic mass is 10.2. The zero-order valence-electron chi connectivity index (χ0n) is 8.49. The molecule has 0 fully saturated rings. The van der Waals surface area contributed by atoms with Gasteiger partial charge in [0, 0.05) is 13.1 Å². The largest absolute Gasteiger partial charge is 0.480 e. The number of rotatable bonds is 7. The highest BCUT2D eigenvalue weighted by Gasteiger charge is 2.09. The fraction of sp³-hybridized carbons (Fsp3) is 0.700. The minimum Gasteiger partial charge on any atom is -0.480 e. The van der Waals surface area contributed by atoms with Crippen LogP contribution in [-0.2, 0) is 4.79 Å². The molecule has 0 atom stereocenters. The first kappa shape index (κ1) is 12.2. The van der Waals surface area contributed by atoms with Crippen LogP contribution in [0.3, 0.4) is 0 Å². The van der Waals surface area contributed by atoms with E-state index in [-0.39, 0.29) is 6.54 Å². The van der Waals surface area contributed by atoms with Gasteiger partial charge in [-0.05, 0) is 12.3 Å². The molecule has 13 heavy (non-hydrogen) atoms. The van der Waals surface area contributed by atoms with E-state index in [1.54, 1.807) is 0 Å². The van der Waals surface area contributed by atoms with Gasteiger partial charge >= 0.3 is 5.97 Å². The molecule has 76 valence electrons. The SMILES string of the molecule is C=CCCN(CC(=O)O)CC(C)C. The third-order valence-electron chi connectivity index (χ3n) is 1.63. The molecule has 0 heterocycles. The van der Waals surface area contributed by atoms with E-state index in [1.807, 2.05) is 11.0 Å². The van der Waals surface area contributed by atoms with Crippen molar-refractivity contribution in [2.75, 3.05) is 19.6 Å². The summed E-state index contributed by atoms with van der Waals surface area (Å²) in [5.41, 5.74) is 0. The average Bonchev–Trinajstić information content (AvgIpc) is 1.98. The van der Waals surface area contributed by atoms with Gasteiger partial charge in [-0.15, -0.1) is 6.58 Å². The predicted molar refractivity (Wildman–Crippen MR) is 53.7 cm³/mol. The Morgan fingerprint density at radius 2 is 2.23 bits per heavy atom. The van der Waals surface area contributed by atoms with Crippen molar-refractivity contribution in [1.82, 2.24) is 4.90 Å². The Balaban J connectivity index is 3.86. The third kappa shape index (κ3) is 7.53. The summed E-state index contributed by atoms with van der Waals surface area (Å²) in [5.74, 6) is -0.256. The molecular weight excluding hydrogens is 166 g/mol. The summed E-state index contributed by atoms with van der Waals surface area (Å²) in [5, 5.41) is 8.63. The molecular formula is C10H19NO2. The van der Waals surface area contributed by atoms with Crippen LogP contribution in [0.15, 0.2) is 12.7 Å². The molecule has 0 aromatic heterocycles. The third-order valence-corrected chi connectivity index (χ3v) is 1.63. The molecule has 0 aromatic carbocycles. The Kier molecular flexibility index (Phi) is 6.24. The Labute approximate surface area is 80.0 Å². The van der Waals surface area contributed by atoms with Gasteiger partial charge in [0.15, 0.2) is 0 Å². The Hall–Kier alpha value is -0.830. The lowest BCUT2D eigenvalue weighted by molar-refractivity contribution is -0.138. The van der Waals surface area contributed by atoms with Crippen molar-refractivity contribution in [1.29, 1.82) is 0 Å². The first-order valence-electron chi connectivity index (χ1n) is 4.61. The summed E-state index contributed by atoms with van der Waals surface area (Å²) in [7, 11) is 0. The number of carboxylic acids is 1. The zero-order chi connectivity index (χ0) is 10.3. The number of hydrogen-bond acceptors (Lipinski definition) is 2. The summed E-state index contributed by atoms with van der Waals surface area (Å²) in [6.45, 7) is 9.54. The standard InChI is InChI=1S/C10H19NO2/c1-4-5-6-11(7-9(2)3)8-10(12)13/h4,9H,1,5-8H2,2-3H3,(H,12,13). The highest BCUT2D eigenvalue weighted by molar-refractivity contribution is 5.69. The zero-order valence-corrected chi connectivity index (χ0v) is 8.49. The number of carbonyl (C=O) groups is 1. The Morgan fingerprint density at radius 3 is 2.62 bits per heavy atom. The Morgan fingerprint density at radius 1 is 1.62 bits per heavy atom.